The van der Waals surface area contributed by atoms with Crippen molar-refractivity contribution in [3.8, 4) is 11.5 Å². The average Bonchev–Trinajstić information content (AvgIpc) is 3.24. The minimum absolute atomic E-state index is 0.0525. The van der Waals surface area contributed by atoms with Gasteiger partial charge in [-0.15, -0.1) is 0 Å². The number of ether oxygens (including phenoxy) is 2. The first-order valence-corrected chi connectivity index (χ1v) is 10.2. The molecule has 1 heterocycles. The lowest BCUT2D eigenvalue weighted by Crippen LogP contribution is -2.12. The molecule has 0 radical (unpaired) electrons. The monoisotopic (exact) mass is 443 g/mol. The summed E-state index contributed by atoms with van der Waals surface area (Å²) >= 11 is 0. The van der Waals surface area contributed by atoms with Gasteiger partial charge in [0.15, 0.2) is 6.61 Å². The van der Waals surface area contributed by atoms with Crippen LogP contribution in [0.25, 0.3) is 0 Å². The number of hydrogen-bond acceptors (Lipinski definition) is 7. The van der Waals surface area contributed by atoms with Crippen molar-refractivity contribution in [1.82, 2.24) is 10.1 Å². The summed E-state index contributed by atoms with van der Waals surface area (Å²) in [6, 6.07) is 20.6. The first-order valence-electron chi connectivity index (χ1n) is 10.2. The molecule has 33 heavy (non-hydrogen) atoms. The first-order chi connectivity index (χ1) is 16.0. The van der Waals surface area contributed by atoms with Gasteiger partial charge in [-0.3, -0.25) is 4.79 Å². The number of hydrogen-bond donors (Lipinski definition) is 1. The minimum Gasteiger partial charge on any atom is -0.485 e. The van der Waals surface area contributed by atoms with Crippen molar-refractivity contribution in [3.63, 3.8) is 0 Å². The van der Waals surface area contributed by atoms with Gasteiger partial charge in [-0.05, 0) is 55.5 Å². The second kappa shape index (κ2) is 9.78. The molecule has 1 amide bonds. The van der Waals surface area contributed by atoms with Crippen LogP contribution in [0.3, 0.4) is 0 Å². The third kappa shape index (κ3) is 5.62. The fourth-order valence-corrected chi connectivity index (χ4v) is 3.06. The predicted octanol–water partition coefficient (Wildman–Crippen LogP) is 4.74. The summed E-state index contributed by atoms with van der Waals surface area (Å²) in [5.74, 6) is 0.681. The van der Waals surface area contributed by atoms with Crippen LogP contribution in [-0.2, 0) is 6.61 Å². The molecule has 0 aliphatic rings. The zero-order valence-electron chi connectivity index (χ0n) is 18.1. The van der Waals surface area contributed by atoms with Gasteiger partial charge in [0.05, 0.1) is 0 Å². The zero-order valence-corrected chi connectivity index (χ0v) is 18.1. The number of aryl methyl sites for hydroxylation is 2. The van der Waals surface area contributed by atoms with E-state index in [1.54, 1.807) is 61.5 Å². The number of anilines is 1. The quantitative estimate of drug-likeness (QED) is 0.325. The number of rotatable bonds is 7. The molecule has 0 atom stereocenters. The zero-order chi connectivity index (χ0) is 23.2. The number of carbonyl (C=O) groups is 2. The Hall–Kier alpha value is -4.46. The lowest BCUT2D eigenvalue weighted by molar-refractivity contribution is 0.0729. The Kier molecular flexibility index (Phi) is 6.45. The van der Waals surface area contributed by atoms with Crippen LogP contribution in [0.1, 0.15) is 38.0 Å². The number of benzene rings is 3. The Bertz CT molecular complexity index is 1280. The van der Waals surface area contributed by atoms with Crippen LogP contribution in [0, 0.1) is 13.8 Å². The summed E-state index contributed by atoms with van der Waals surface area (Å²) in [4.78, 5) is 29.2. The molecule has 0 aliphatic heterocycles. The molecular weight excluding hydrogens is 422 g/mol. The van der Waals surface area contributed by atoms with Gasteiger partial charge in [-0.2, -0.15) is 4.98 Å². The molecule has 8 nitrogen and oxygen atoms in total. The maximum absolute atomic E-state index is 12.7. The van der Waals surface area contributed by atoms with Crippen molar-refractivity contribution in [1.29, 1.82) is 0 Å². The summed E-state index contributed by atoms with van der Waals surface area (Å²) < 4.78 is 16.1. The van der Waals surface area contributed by atoms with Gasteiger partial charge in [0, 0.05) is 18.2 Å². The fourth-order valence-electron chi connectivity index (χ4n) is 3.06. The largest absolute Gasteiger partial charge is 0.485 e. The molecule has 0 aliphatic carbocycles. The third-order valence-electron chi connectivity index (χ3n) is 4.64. The number of aromatic nitrogens is 2. The standard InChI is InChI=1S/C25H21N3O5/c1-16-6-5-7-18(14-16)24(29)27-19-10-12-20(13-11-19)32-25(30)21-8-3-4-9-22(21)31-15-23-26-17(2)33-28-23/h3-14H,15H2,1-2H3,(H,27,29). The van der Waals surface area contributed by atoms with E-state index in [1.165, 1.54) is 0 Å². The molecule has 8 heteroatoms. The summed E-state index contributed by atoms with van der Waals surface area (Å²) in [7, 11) is 0. The van der Waals surface area contributed by atoms with Crippen LogP contribution in [0.5, 0.6) is 11.5 Å². The number of amides is 1. The average molecular weight is 443 g/mol. The van der Waals surface area contributed by atoms with E-state index >= 15 is 0 Å². The van der Waals surface area contributed by atoms with Gasteiger partial charge in [0.25, 0.3) is 5.91 Å². The maximum Gasteiger partial charge on any atom is 0.347 e. The van der Waals surface area contributed by atoms with E-state index in [-0.39, 0.29) is 18.1 Å². The number of nitrogens with one attached hydrogen (secondary N) is 1. The molecule has 166 valence electrons. The van der Waals surface area contributed by atoms with E-state index in [0.29, 0.717) is 34.5 Å². The first kappa shape index (κ1) is 21.8. The van der Waals surface area contributed by atoms with Gasteiger partial charge in [-0.25, -0.2) is 4.79 Å². The molecule has 0 fully saturated rings. The second-order valence-corrected chi connectivity index (χ2v) is 7.25. The van der Waals surface area contributed by atoms with E-state index in [4.69, 9.17) is 14.0 Å². The summed E-state index contributed by atoms with van der Waals surface area (Å²) in [5, 5.41) is 6.59. The van der Waals surface area contributed by atoms with E-state index in [9.17, 15) is 9.59 Å². The molecule has 0 saturated heterocycles. The Morgan fingerprint density at radius 1 is 0.970 bits per heavy atom. The molecule has 0 unspecified atom stereocenters. The Morgan fingerprint density at radius 3 is 2.48 bits per heavy atom. The Labute approximate surface area is 190 Å². The smallest absolute Gasteiger partial charge is 0.347 e. The molecule has 0 saturated carbocycles. The van der Waals surface area contributed by atoms with Crippen LogP contribution >= 0.6 is 0 Å². The lowest BCUT2D eigenvalue weighted by Gasteiger charge is -2.10. The van der Waals surface area contributed by atoms with Gasteiger partial charge in [-0.1, -0.05) is 35.0 Å². The summed E-state index contributed by atoms with van der Waals surface area (Å²) in [6.07, 6.45) is 0. The topological polar surface area (TPSA) is 104 Å². The van der Waals surface area contributed by atoms with E-state index in [0.717, 1.165) is 5.56 Å². The number of esters is 1. The molecule has 1 aromatic heterocycles. The molecule has 0 spiro atoms. The third-order valence-corrected chi connectivity index (χ3v) is 4.64. The van der Waals surface area contributed by atoms with E-state index in [2.05, 4.69) is 15.5 Å². The lowest BCUT2D eigenvalue weighted by atomic mass is 10.1. The predicted molar refractivity (Wildman–Crippen MR) is 120 cm³/mol. The van der Waals surface area contributed by atoms with Gasteiger partial charge >= 0.3 is 5.97 Å². The number of carbonyl (C=O) groups excluding carboxylic acids is 2. The molecule has 1 N–H and O–H groups in total. The molecule has 3 aromatic carbocycles. The Morgan fingerprint density at radius 2 is 1.76 bits per heavy atom. The summed E-state index contributed by atoms with van der Waals surface area (Å²) in [5.41, 5.74) is 2.41. The molecule has 4 rings (SSSR count). The highest BCUT2D eigenvalue weighted by atomic mass is 16.5. The van der Waals surface area contributed by atoms with Gasteiger partial charge < -0.3 is 19.3 Å². The highest BCUT2D eigenvalue weighted by Crippen LogP contribution is 2.23. The number of para-hydroxylation sites is 1. The van der Waals surface area contributed by atoms with Crippen molar-refractivity contribution in [3.05, 3.63) is 101 Å². The van der Waals surface area contributed by atoms with Crippen LogP contribution in [0.2, 0.25) is 0 Å². The van der Waals surface area contributed by atoms with E-state index in [1.807, 2.05) is 25.1 Å². The fraction of sp³-hybridized carbons (Fsp3) is 0.120. The van der Waals surface area contributed by atoms with Crippen molar-refractivity contribution < 1.29 is 23.6 Å². The Balaban J connectivity index is 1.39. The highest BCUT2D eigenvalue weighted by Gasteiger charge is 2.16. The number of nitrogens with zero attached hydrogens (tertiary/aromatic N) is 2. The van der Waals surface area contributed by atoms with Crippen LogP contribution < -0.4 is 14.8 Å². The van der Waals surface area contributed by atoms with Crippen molar-refractivity contribution in [2.24, 2.45) is 0 Å². The van der Waals surface area contributed by atoms with Crippen LogP contribution in [-0.4, -0.2) is 22.0 Å². The summed E-state index contributed by atoms with van der Waals surface area (Å²) in [6.45, 7) is 3.66. The van der Waals surface area contributed by atoms with Gasteiger partial charge in [0.2, 0.25) is 11.7 Å². The minimum atomic E-state index is -0.577. The molecule has 0 bridgehead atoms. The highest BCUT2D eigenvalue weighted by molar-refractivity contribution is 6.04. The normalized spacial score (nSPS) is 10.5. The van der Waals surface area contributed by atoms with Crippen molar-refractivity contribution in [2.45, 2.75) is 20.5 Å². The van der Waals surface area contributed by atoms with Crippen LogP contribution in [0.4, 0.5) is 5.69 Å². The second-order valence-electron chi connectivity index (χ2n) is 7.25. The maximum atomic E-state index is 12.7. The SMILES string of the molecule is Cc1cccc(C(=O)Nc2ccc(OC(=O)c3ccccc3OCc3noc(C)n3)cc2)c1. The van der Waals surface area contributed by atoms with Crippen molar-refractivity contribution in [2.75, 3.05) is 5.32 Å². The van der Waals surface area contributed by atoms with Crippen molar-refractivity contribution >= 4 is 17.6 Å². The molecule has 4 aromatic rings. The van der Waals surface area contributed by atoms with Crippen LogP contribution in [0.15, 0.2) is 77.3 Å². The van der Waals surface area contributed by atoms with Gasteiger partial charge in [0.1, 0.15) is 17.1 Å². The van der Waals surface area contributed by atoms with E-state index < -0.39 is 5.97 Å². The molecular formula is C25H21N3O5.